The number of hydrogen-bond donors (Lipinski definition) is 0. The maximum absolute atomic E-state index is 14.1. The fraction of sp³-hybridized carbons (Fsp3) is 0.0159. The summed E-state index contributed by atoms with van der Waals surface area (Å²) in [5, 5.41) is 4.42. The van der Waals surface area contributed by atoms with Crippen LogP contribution >= 0.6 is 0 Å². The summed E-state index contributed by atoms with van der Waals surface area (Å²) < 4.78 is 1.38. The van der Waals surface area contributed by atoms with Gasteiger partial charge in [-0.25, -0.2) is 4.40 Å². The summed E-state index contributed by atoms with van der Waals surface area (Å²) in [6.45, 7) is 0. The number of fused-ring (bicyclic) bond motifs is 7. The highest BCUT2D eigenvalue weighted by Gasteiger charge is 2.46. The lowest BCUT2D eigenvalue weighted by molar-refractivity contribution is 0.768. The molecule has 4 heteroatoms. The standard InChI is InChI=1S/C63H40N2O2/c66-61-53-28-12-10-25-50(53)56-38-44(39-57-51-26-11-13-29-54(51)62(67)65(61)60(56)57)43-19-16-24-48(37-43)64(47-33-31-42(32-34-47)41-17-4-1-5-18-41)49-35-36-59-55(40-49)52-27-14-15-30-58(52)63(59,45-20-6-2-7-21-45)46-22-8-3-9-23-46/h1-40H. The lowest BCUT2D eigenvalue weighted by atomic mass is 9.68. The topological polar surface area (TPSA) is 41.8 Å². The van der Waals surface area contributed by atoms with Crippen molar-refractivity contribution in [3.63, 3.8) is 0 Å². The van der Waals surface area contributed by atoms with Gasteiger partial charge in [0.2, 0.25) is 0 Å². The number of nitrogens with zero attached hydrogens (tertiary/aromatic N) is 2. The molecule has 0 atom stereocenters. The van der Waals surface area contributed by atoms with Crippen LogP contribution in [0.3, 0.4) is 0 Å². The minimum Gasteiger partial charge on any atom is -0.310 e. The molecule has 2 heterocycles. The van der Waals surface area contributed by atoms with Crippen LogP contribution in [0.15, 0.2) is 252 Å². The third kappa shape index (κ3) is 5.80. The molecule has 0 saturated carbocycles. The van der Waals surface area contributed by atoms with Crippen molar-refractivity contribution in [2.75, 3.05) is 4.90 Å². The second kappa shape index (κ2) is 15.1. The molecular weight excluding hydrogens is 817 g/mol. The molecule has 0 amide bonds. The monoisotopic (exact) mass is 856 g/mol. The Morgan fingerprint density at radius 3 is 1.42 bits per heavy atom. The molecule has 12 aromatic rings. The van der Waals surface area contributed by atoms with Gasteiger partial charge in [0.25, 0.3) is 11.1 Å². The quantitative estimate of drug-likeness (QED) is 0.118. The van der Waals surface area contributed by atoms with E-state index in [1.54, 1.807) is 0 Å². The first kappa shape index (κ1) is 38.6. The molecule has 2 aromatic heterocycles. The molecule has 1 aliphatic rings. The third-order valence-corrected chi connectivity index (χ3v) is 14.0. The van der Waals surface area contributed by atoms with Crippen molar-refractivity contribution in [2.24, 2.45) is 0 Å². The maximum atomic E-state index is 14.1. The first-order chi connectivity index (χ1) is 33.1. The fourth-order valence-corrected chi connectivity index (χ4v) is 11.1. The highest BCUT2D eigenvalue weighted by Crippen LogP contribution is 2.57. The highest BCUT2D eigenvalue weighted by atomic mass is 16.2. The summed E-state index contributed by atoms with van der Waals surface area (Å²) in [6.07, 6.45) is 0. The molecule has 67 heavy (non-hydrogen) atoms. The van der Waals surface area contributed by atoms with Crippen LogP contribution < -0.4 is 16.0 Å². The Bertz CT molecular complexity index is 3870. The molecule has 0 bridgehead atoms. The van der Waals surface area contributed by atoms with Gasteiger partial charge in [0, 0.05) is 38.6 Å². The average molecular weight is 857 g/mol. The van der Waals surface area contributed by atoms with Crippen molar-refractivity contribution in [3.05, 3.63) is 286 Å². The Balaban J connectivity index is 1.04. The summed E-state index contributed by atoms with van der Waals surface area (Å²) in [5.74, 6) is 0. The first-order valence-corrected chi connectivity index (χ1v) is 22.7. The van der Waals surface area contributed by atoms with Gasteiger partial charge in [-0.05, 0) is 127 Å². The summed E-state index contributed by atoms with van der Waals surface area (Å²) in [6, 6.07) is 85.3. The molecule has 0 aliphatic heterocycles. The van der Waals surface area contributed by atoms with E-state index in [0.717, 1.165) is 60.9 Å². The Kier molecular flexibility index (Phi) is 8.71. The number of hydrogen-bond acceptors (Lipinski definition) is 3. The smallest absolute Gasteiger partial charge is 0.266 e. The molecule has 0 fully saturated rings. The van der Waals surface area contributed by atoms with E-state index in [1.807, 2.05) is 54.6 Å². The maximum Gasteiger partial charge on any atom is 0.266 e. The minimum atomic E-state index is -0.510. The molecule has 1 aliphatic carbocycles. The van der Waals surface area contributed by atoms with Crippen LogP contribution in [0.4, 0.5) is 17.1 Å². The van der Waals surface area contributed by atoms with Gasteiger partial charge in [0.1, 0.15) is 0 Å². The number of rotatable bonds is 7. The molecule has 0 saturated heterocycles. The van der Waals surface area contributed by atoms with Crippen molar-refractivity contribution in [1.29, 1.82) is 0 Å². The van der Waals surface area contributed by atoms with E-state index >= 15 is 0 Å². The summed E-state index contributed by atoms with van der Waals surface area (Å²) in [7, 11) is 0. The molecule has 0 radical (unpaired) electrons. The van der Waals surface area contributed by atoms with E-state index in [4.69, 9.17) is 0 Å². The fourth-order valence-electron chi connectivity index (χ4n) is 11.1. The van der Waals surface area contributed by atoms with Crippen molar-refractivity contribution < 1.29 is 0 Å². The second-order valence-electron chi connectivity index (χ2n) is 17.5. The predicted molar refractivity (Wildman–Crippen MR) is 276 cm³/mol. The normalized spacial score (nSPS) is 12.7. The zero-order valence-electron chi connectivity index (χ0n) is 36.3. The molecule has 10 aromatic carbocycles. The van der Waals surface area contributed by atoms with Gasteiger partial charge in [-0.2, -0.15) is 0 Å². The number of anilines is 3. The zero-order valence-corrected chi connectivity index (χ0v) is 36.3. The summed E-state index contributed by atoms with van der Waals surface area (Å²) >= 11 is 0. The van der Waals surface area contributed by atoms with Crippen LogP contribution in [0.2, 0.25) is 0 Å². The Morgan fingerprint density at radius 2 is 0.791 bits per heavy atom. The highest BCUT2D eigenvalue weighted by molar-refractivity contribution is 6.19. The predicted octanol–water partition coefficient (Wildman–Crippen LogP) is 14.7. The molecular formula is C63H40N2O2. The van der Waals surface area contributed by atoms with Crippen LogP contribution in [-0.2, 0) is 5.41 Å². The third-order valence-electron chi connectivity index (χ3n) is 14.0. The zero-order chi connectivity index (χ0) is 44.6. The lowest BCUT2D eigenvalue weighted by Gasteiger charge is -2.34. The Labute approximate surface area is 386 Å². The van der Waals surface area contributed by atoms with Crippen molar-refractivity contribution in [3.8, 4) is 33.4 Å². The van der Waals surface area contributed by atoms with Crippen molar-refractivity contribution in [1.82, 2.24) is 4.40 Å². The SMILES string of the molecule is O=c1c2ccccc2c2cc(-c3cccc(N(c4ccc(-c5ccccc5)cc4)c4ccc5c(c4)-c4ccccc4C5(c4ccccc4)c4ccccc4)c3)cc3c4ccccc4c(=O)n1c23. The number of pyridine rings is 2. The van der Waals surface area contributed by atoms with Crippen LogP contribution in [0.5, 0.6) is 0 Å². The second-order valence-corrected chi connectivity index (χ2v) is 17.5. The molecule has 0 spiro atoms. The van der Waals surface area contributed by atoms with E-state index in [9.17, 15) is 9.59 Å². The van der Waals surface area contributed by atoms with Gasteiger partial charge in [-0.1, -0.05) is 182 Å². The molecule has 314 valence electrons. The Morgan fingerprint density at radius 1 is 0.313 bits per heavy atom. The first-order valence-electron chi connectivity index (χ1n) is 22.7. The van der Waals surface area contributed by atoms with E-state index in [-0.39, 0.29) is 11.1 Å². The lowest BCUT2D eigenvalue weighted by Crippen LogP contribution is -2.28. The summed E-state index contributed by atoms with van der Waals surface area (Å²) in [4.78, 5) is 30.5. The number of aromatic nitrogens is 1. The van der Waals surface area contributed by atoms with Crippen molar-refractivity contribution in [2.45, 2.75) is 5.41 Å². The van der Waals surface area contributed by atoms with Gasteiger partial charge in [0.15, 0.2) is 0 Å². The van der Waals surface area contributed by atoms with Gasteiger partial charge < -0.3 is 4.90 Å². The van der Waals surface area contributed by atoms with E-state index in [2.05, 4.69) is 193 Å². The van der Waals surface area contributed by atoms with Crippen LogP contribution in [-0.4, -0.2) is 4.40 Å². The molecule has 0 N–H and O–H groups in total. The van der Waals surface area contributed by atoms with Gasteiger partial charge in [0.05, 0.1) is 10.9 Å². The van der Waals surface area contributed by atoms with E-state index in [1.165, 1.54) is 37.8 Å². The summed E-state index contributed by atoms with van der Waals surface area (Å²) in [5.41, 5.74) is 14.3. The Hall–Kier alpha value is -8.86. The van der Waals surface area contributed by atoms with Crippen molar-refractivity contribution >= 4 is 54.9 Å². The van der Waals surface area contributed by atoms with Crippen LogP contribution in [0.25, 0.3) is 71.2 Å². The molecule has 4 nitrogen and oxygen atoms in total. The molecule has 0 unspecified atom stereocenters. The van der Waals surface area contributed by atoms with Gasteiger partial charge in [-0.3, -0.25) is 9.59 Å². The van der Waals surface area contributed by atoms with Crippen LogP contribution in [0, 0.1) is 0 Å². The molecule has 13 rings (SSSR count). The van der Waals surface area contributed by atoms with E-state index in [0.29, 0.717) is 16.3 Å². The minimum absolute atomic E-state index is 0.297. The van der Waals surface area contributed by atoms with Crippen LogP contribution in [0.1, 0.15) is 22.3 Å². The average Bonchev–Trinajstić information content (AvgIpc) is 3.70. The van der Waals surface area contributed by atoms with Gasteiger partial charge >= 0.3 is 0 Å². The van der Waals surface area contributed by atoms with Gasteiger partial charge in [-0.15, -0.1) is 0 Å². The van der Waals surface area contributed by atoms with E-state index < -0.39 is 5.41 Å². The number of benzene rings is 10. The largest absolute Gasteiger partial charge is 0.310 e.